The average molecular weight is 350 g/mol. The molecule has 1 aromatic heterocycles. The monoisotopic (exact) mass is 349 g/mol. The molecule has 0 aliphatic carbocycles. The van der Waals surface area contributed by atoms with E-state index in [1.54, 1.807) is 0 Å². The molecular formula is C16H20BrN3O. The Labute approximate surface area is 134 Å². The van der Waals surface area contributed by atoms with Crippen LogP contribution in [0.4, 0.5) is 5.82 Å². The van der Waals surface area contributed by atoms with E-state index in [0.717, 1.165) is 34.4 Å². The molecule has 0 saturated carbocycles. The summed E-state index contributed by atoms with van der Waals surface area (Å²) in [6.07, 6.45) is 1.05. The molecule has 0 aliphatic heterocycles. The molecule has 112 valence electrons. The van der Waals surface area contributed by atoms with Crippen LogP contribution >= 0.6 is 15.9 Å². The third kappa shape index (κ3) is 4.43. The number of ether oxygens (including phenoxy) is 1. The molecule has 0 saturated heterocycles. The van der Waals surface area contributed by atoms with Crippen molar-refractivity contribution in [3.63, 3.8) is 0 Å². The van der Waals surface area contributed by atoms with E-state index < -0.39 is 0 Å². The molecule has 1 heterocycles. The number of benzene rings is 1. The first-order chi connectivity index (χ1) is 10.1. The number of halogens is 1. The standard InChI is InChI=1S/C16H20BrN3O/c1-4-8-18-15-11(2)16(20-12(3)19-15)21-10-13-6-5-7-14(17)9-13/h5-7,9H,4,8,10H2,1-3H3,(H,18,19,20). The van der Waals surface area contributed by atoms with Gasteiger partial charge in [-0.2, -0.15) is 4.98 Å². The molecule has 0 radical (unpaired) electrons. The van der Waals surface area contributed by atoms with Gasteiger partial charge < -0.3 is 10.1 Å². The van der Waals surface area contributed by atoms with Crippen LogP contribution in [0.1, 0.15) is 30.3 Å². The van der Waals surface area contributed by atoms with Crippen LogP contribution in [-0.2, 0) is 6.61 Å². The van der Waals surface area contributed by atoms with Crippen molar-refractivity contribution in [2.75, 3.05) is 11.9 Å². The topological polar surface area (TPSA) is 47.0 Å². The molecule has 21 heavy (non-hydrogen) atoms. The lowest BCUT2D eigenvalue weighted by molar-refractivity contribution is 0.290. The van der Waals surface area contributed by atoms with Crippen LogP contribution in [0.2, 0.25) is 0 Å². The lowest BCUT2D eigenvalue weighted by Crippen LogP contribution is -2.08. The Morgan fingerprint density at radius 1 is 1.24 bits per heavy atom. The lowest BCUT2D eigenvalue weighted by atomic mass is 10.2. The number of nitrogens with one attached hydrogen (secondary N) is 1. The summed E-state index contributed by atoms with van der Waals surface area (Å²) in [4.78, 5) is 8.82. The van der Waals surface area contributed by atoms with E-state index in [1.807, 2.05) is 38.1 Å². The highest BCUT2D eigenvalue weighted by Crippen LogP contribution is 2.23. The Balaban J connectivity index is 2.14. The normalized spacial score (nSPS) is 10.5. The zero-order valence-electron chi connectivity index (χ0n) is 12.6. The van der Waals surface area contributed by atoms with Crippen LogP contribution in [0.15, 0.2) is 28.7 Å². The predicted octanol–water partition coefficient (Wildman–Crippen LogP) is 4.26. The van der Waals surface area contributed by atoms with Gasteiger partial charge in [0.2, 0.25) is 5.88 Å². The largest absolute Gasteiger partial charge is 0.472 e. The van der Waals surface area contributed by atoms with Crippen LogP contribution in [-0.4, -0.2) is 16.5 Å². The Kier molecular flexibility index (Phi) is 5.56. The van der Waals surface area contributed by atoms with Crippen molar-refractivity contribution in [3.8, 4) is 5.88 Å². The fraction of sp³-hybridized carbons (Fsp3) is 0.375. The number of hydrogen-bond donors (Lipinski definition) is 1. The summed E-state index contributed by atoms with van der Waals surface area (Å²) < 4.78 is 6.91. The van der Waals surface area contributed by atoms with Crippen molar-refractivity contribution >= 4 is 21.7 Å². The van der Waals surface area contributed by atoms with E-state index in [2.05, 4.69) is 38.1 Å². The number of rotatable bonds is 6. The summed E-state index contributed by atoms with van der Waals surface area (Å²) in [5, 5.41) is 3.31. The quantitative estimate of drug-likeness (QED) is 0.846. The van der Waals surface area contributed by atoms with Crippen LogP contribution < -0.4 is 10.1 Å². The molecule has 2 aromatic rings. The van der Waals surface area contributed by atoms with Crippen molar-refractivity contribution in [3.05, 3.63) is 45.7 Å². The number of nitrogens with zero attached hydrogens (tertiary/aromatic N) is 2. The molecule has 0 atom stereocenters. The fourth-order valence-corrected chi connectivity index (χ4v) is 2.38. The Morgan fingerprint density at radius 2 is 2.05 bits per heavy atom. The summed E-state index contributed by atoms with van der Waals surface area (Å²) >= 11 is 3.46. The summed E-state index contributed by atoms with van der Waals surface area (Å²) in [7, 11) is 0. The van der Waals surface area contributed by atoms with Gasteiger partial charge in [-0.25, -0.2) is 4.98 Å². The van der Waals surface area contributed by atoms with Crippen LogP contribution in [0.5, 0.6) is 5.88 Å². The van der Waals surface area contributed by atoms with Crippen molar-refractivity contribution in [1.29, 1.82) is 0 Å². The van der Waals surface area contributed by atoms with E-state index in [4.69, 9.17) is 4.74 Å². The van der Waals surface area contributed by atoms with Gasteiger partial charge in [0.05, 0.1) is 5.56 Å². The number of anilines is 1. The first-order valence-corrected chi connectivity index (χ1v) is 7.85. The maximum Gasteiger partial charge on any atom is 0.222 e. The average Bonchev–Trinajstić information content (AvgIpc) is 2.46. The van der Waals surface area contributed by atoms with E-state index in [1.165, 1.54) is 0 Å². The second-order valence-corrected chi connectivity index (χ2v) is 5.81. The molecule has 0 amide bonds. The summed E-state index contributed by atoms with van der Waals surface area (Å²) in [6.45, 7) is 7.36. The first-order valence-electron chi connectivity index (χ1n) is 7.06. The lowest BCUT2D eigenvalue weighted by Gasteiger charge is -2.13. The predicted molar refractivity (Wildman–Crippen MR) is 88.8 cm³/mol. The van der Waals surface area contributed by atoms with Crippen LogP contribution in [0.25, 0.3) is 0 Å². The number of aryl methyl sites for hydroxylation is 1. The third-order valence-electron chi connectivity index (χ3n) is 3.02. The van der Waals surface area contributed by atoms with Gasteiger partial charge in [0.25, 0.3) is 0 Å². The smallest absolute Gasteiger partial charge is 0.222 e. The maximum atomic E-state index is 5.87. The highest BCUT2D eigenvalue weighted by molar-refractivity contribution is 9.10. The van der Waals surface area contributed by atoms with Crippen LogP contribution in [0.3, 0.4) is 0 Å². The minimum absolute atomic E-state index is 0.490. The van der Waals surface area contributed by atoms with Gasteiger partial charge in [0, 0.05) is 11.0 Å². The van der Waals surface area contributed by atoms with Crippen LogP contribution in [0, 0.1) is 13.8 Å². The van der Waals surface area contributed by atoms with Gasteiger partial charge in [-0.15, -0.1) is 0 Å². The molecule has 0 spiro atoms. The van der Waals surface area contributed by atoms with Gasteiger partial charge >= 0.3 is 0 Å². The molecule has 0 bridgehead atoms. The van der Waals surface area contributed by atoms with Gasteiger partial charge in [0.1, 0.15) is 18.2 Å². The molecule has 1 N–H and O–H groups in total. The molecule has 2 rings (SSSR count). The molecule has 5 heteroatoms. The summed E-state index contributed by atoms with van der Waals surface area (Å²) in [6, 6.07) is 8.06. The minimum atomic E-state index is 0.490. The fourth-order valence-electron chi connectivity index (χ4n) is 1.94. The maximum absolute atomic E-state index is 5.87. The van der Waals surface area contributed by atoms with Crippen molar-refractivity contribution < 1.29 is 4.74 Å². The number of aromatic nitrogens is 2. The minimum Gasteiger partial charge on any atom is -0.472 e. The molecule has 4 nitrogen and oxygen atoms in total. The van der Waals surface area contributed by atoms with E-state index >= 15 is 0 Å². The number of hydrogen-bond acceptors (Lipinski definition) is 4. The molecule has 0 fully saturated rings. The van der Waals surface area contributed by atoms with Gasteiger partial charge in [-0.1, -0.05) is 35.0 Å². The second kappa shape index (κ2) is 7.41. The van der Waals surface area contributed by atoms with E-state index in [0.29, 0.717) is 18.3 Å². The zero-order chi connectivity index (χ0) is 15.2. The van der Waals surface area contributed by atoms with Gasteiger partial charge in [-0.3, -0.25) is 0 Å². The van der Waals surface area contributed by atoms with Crippen molar-refractivity contribution in [1.82, 2.24) is 9.97 Å². The molecule has 0 aliphatic rings. The van der Waals surface area contributed by atoms with E-state index in [-0.39, 0.29) is 0 Å². The SMILES string of the molecule is CCCNc1nc(C)nc(OCc2cccc(Br)c2)c1C. The van der Waals surface area contributed by atoms with Crippen molar-refractivity contribution in [2.45, 2.75) is 33.8 Å². The first kappa shape index (κ1) is 15.8. The highest BCUT2D eigenvalue weighted by Gasteiger charge is 2.10. The van der Waals surface area contributed by atoms with Gasteiger partial charge in [-0.05, 0) is 38.0 Å². The molecular weight excluding hydrogens is 330 g/mol. The Hall–Kier alpha value is -1.62. The highest BCUT2D eigenvalue weighted by atomic mass is 79.9. The van der Waals surface area contributed by atoms with E-state index in [9.17, 15) is 0 Å². The zero-order valence-corrected chi connectivity index (χ0v) is 14.2. The Bertz CT molecular complexity index is 616. The molecule has 1 aromatic carbocycles. The summed E-state index contributed by atoms with van der Waals surface area (Å²) in [5.41, 5.74) is 2.05. The third-order valence-corrected chi connectivity index (χ3v) is 3.51. The molecule has 0 unspecified atom stereocenters. The van der Waals surface area contributed by atoms with Crippen molar-refractivity contribution in [2.24, 2.45) is 0 Å². The summed E-state index contributed by atoms with van der Waals surface area (Å²) in [5.74, 6) is 2.21. The Morgan fingerprint density at radius 3 is 2.76 bits per heavy atom. The second-order valence-electron chi connectivity index (χ2n) is 4.89. The van der Waals surface area contributed by atoms with Gasteiger partial charge in [0.15, 0.2) is 0 Å².